The predicted molar refractivity (Wildman–Crippen MR) is 131 cm³/mol. The first-order valence-corrected chi connectivity index (χ1v) is 12.5. The average molecular weight is 470 g/mol. The number of hydrogen-bond acceptors (Lipinski definition) is 7. The number of carbonyl (C=O) groups excluding carboxylic acids is 1. The average Bonchev–Trinajstić information content (AvgIpc) is 3.28. The molecular weight excluding hydrogens is 442 g/mol. The summed E-state index contributed by atoms with van der Waals surface area (Å²) in [7, 11) is 1.67. The first-order chi connectivity index (χ1) is 15.6. The normalized spacial score (nSPS) is 16.2. The van der Waals surface area contributed by atoms with Crippen LogP contribution in [-0.2, 0) is 6.42 Å². The molecule has 1 N–H and O–H groups in total. The van der Waals surface area contributed by atoms with Gasteiger partial charge in [0.25, 0.3) is 0 Å². The monoisotopic (exact) mass is 469 g/mol. The molecule has 9 heteroatoms. The third kappa shape index (κ3) is 5.34. The van der Waals surface area contributed by atoms with Crippen LogP contribution in [0.15, 0.2) is 53.4 Å². The Morgan fingerprint density at radius 3 is 2.78 bits per heavy atom. The Kier molecular flexibility index (Phi) is 7.16. The van der Waals surface area contributed by atoms with Crippen LogP contribution in [0.1, 0.15) is 18.3 Å². The Labute approximate surface area is 197 Å². The van der Waals surface area contributed by atoms with Crippen molar-refractivity contribution in [2.75, 3.05) is 43.2 Å². The van der Waals surface area contributed by atoms with E-state index in [9.17, 15) is 4.79 Å². The van der Waals surface area contributed by atoms with Crippen molar-refractivity contribution < 1.29 is 9.53 Å². The number of rotatable bonds is 6. The fraction of sp³-hybridized carbons (Fsp3) is 0.348. The second kappa shape index (κ2) is 10.2. The lowest BCUT2D eigenvalue weighted by molar-refractivity contribution is 0.185. The number of ether oxygens (including phenoxy) is 1. The number of thioether (sulfide) groups is 1. The molecule has 1 fully saturated rings. The van der Waals surface area contributed by atoms with Crippen LogP contribution < -0.4 is 15.0 Å². The molecule has 32 heavy (non-hydrogen) atoms. The second-order valence-corrected chi connectivity index (χ2v) is 9.28. The van der Waals surface area contributed by atoms with E-state index in [1.165, 1.54) is 16.4 Å². The highest BCUT2D eigenvalue weighted by molar-refractivity contribution is 7.98. The zero-order chi connectivity index (χ0) is 22.5. The number of nitrogens with one attached hydrogen (secondary N) is 1. The highest BCUT2D eigenvalue weighted by Crippen LogP contribution is 2.24. The molecule has 1 saturated heterocycles. The summed E-state index contributed by atoms with van der Waals surface area (Å²) in [6.07, 6.45) is 2.70. The number of hydrogen-bond donors (Lipinski definition) is 1. The minimum atomic E-state index is -0.0648. The summed E-state index contributed by atoms with van der Waals surface area (Å²) >= 11 is 3.10. The molecule has 1 aliphatic heterocycles. The molecule has 2 amide bonds. The number of carbonyl (C=O) groups is 1. The first kappa shape index (κ1) is 22.4. The largest absolute Gasteiger partial charge is 0.497 e. The van der Waals surface area contributed by atoms with Gasteiger partial charge >= 0.3 is 6.03 Å². The smallest absolute Gasteiger partial charge is 0.322 e. The lowest BCUT2D eigenvalue weighted by Crippen LogP contribution is -2.55. The Balaban J connectivity index is 1.34. The van der Waals surface area contributed by atoms with Gasteiger partial charge in [-0.3, -0.25) is 0 Å². The molecule has 1 unspecified atom stereocenters. The second-order valence-electron chi connectivity index (χ2n) is 7.67. The number of nitrogens with zero attached hydrogens (tertiary/aromatic N) is 4. The summed E-state index contributed by atoms with van der Waals surface area (Å²) in [4.78, 5) is 22.8. The lowest BCUT2D eigenvalue weighted by Gasteiger charge is -2.39. The molecule has 4 rings (SSSR count). The highest BCUT2D eigenvalue weighted by atomic mass is 32.2. The summed E-state index contributed by atoms with van der Waals surface area (Å²) in [6, 6.07) is 15.9. The maximum atomic E-state index is 12.8. The van der Waals surface area contributed by atoms with Crippen LogP contribution >= 0.6 is 23.3 Å². The van der Waals surface area contributed by atoms with Crippen molar-refractivity contribution in [3.05, 3.63) is 59.9 Å². The zero-order valence-electron chi connectivity index (χ0n) is 18.4. The quantitative estimate of drug-likeness (QED) is 0.532. The van der Waals surface area contributed by atoms with Crippen molar-refractivity contribution in [2.45, 2.75) is 24.3 Å². The van der Waals surface area contributed by atoms with Gasteiger partial charge in [-0.1, -0.05) is 12.1 Å². The van der Waals surface area contributed by atoms with Gasteiger partial charge in [0.1, 0.15) is 11.6 Å². The molecule has 0 saturated carbocycles. The third-order valence-electron chi connectivity index (χ3n) is 5.45. The molecule has 1 aromatic heterocycles. The van der Waals surface area contributed by atoms with Crippen LogP contribution in [0.2, 0.25) is 0 Å². The fourth-order valence-corrected chi connectivity index (χ4v) is 4.84. The fourth-order valence-electron chi connectivity index (χ4n) is 3.71. The Morgan fingerprint density at radius 1 is 1.25 bits per heavy atom. The number of anilines is 2. The summed E-state index contributed by atoms with van der Waals surface area (Å²) in [6.45, 7) is 4.17. The van der Waals surface area contributed by atoms with E-state index in [1.807, 2.05) is 53.6 Å². The van der Waals surface area contributed by atoms with Gasteiger partial charge in [0, 0.05) is 54.2 Å². The van der Waals surface area contributed by atoms with E-state index in [0.29, 0.717) is 13.0 Å². The minimum Gasteiger partial charge on any atom is -0.497 e. The number of piperazine rings is 1. The first-order valence-electron chi connectivity index (χ1n) is 10.5. The molecule has 0 radical (unpaired) electrons. The van der Waals surface area contributed by atoms with Crippen molar-refractivity contribution in [2.24, 2.45) is 0 Å². The zero-order valence-corrected chi connectivity index (χ0v) is 20.1. The molecular formula is C23H27N5O2S2. The molecule has 2 heterocycles. The van der Waals surface area contributed by atoms with E-state index in [1.54, 1.807) is 18.9 Å². The summed E-state index contributed by atoms with van der Waals surface area (Å²) < 4.78 is 9.84. The molecule has 1 aliphatic rings. The minimum absolute atomic E-state index is 0.0648. The van der Waals surface area contributed by atoms with Crippen molar-refractivity contribution in [3.8, 4) is 5.75 Å². The van der Waals surface area contributed by atoms with Gasteiger partial charge in [0.05, 0.1) is 7.11 Å². The number of urea groups is 1. The van der Waals surface area contributed by atoms with Crippen molar-refractivity contribution in [3.63, 3.8) is 0 Å². The molecule has 1 atom stereocenters. The van der Waals surface area contributed by atoms with E-state index in [4.69, 9.17) is 9.72 Å². The maximum Gasteiger partial charge on any atom is 0.322 e. The molecule has 7 nitrogen and oxygen atoms in total. The van der Waals surface area contributed by atoms with Crippen LogP contribution in [0, 0.1) is 0 Å². The highest BCUT2D eigenvalue weighted by Gasteiger charge is 2.29. The molecule has 3 aromatic rings. The van der Waals surface area contributed by atoms with Crippen molar-refractivity contribution in [1.29, 1.82) is 0 Å². The van der Waals surface area contributed by atoms with Gasteiger partial charge in [-0.05, 0) is 55.1 Å². The summed E-state index contributed by atoms with van der Waals surface area (Å²) in [5, 5.41) is 3.92. The van der Waals surface area contributed by atoms with Crippen LogP contribution in [0.4, 0.5) is 15.6 Å². The standard InChI is InChI=1S/C23H27N5O2S2/c1-16-15-27(11-12-28(16)22(29)24-18-7-9-20(31-3)10-8-18)23-25-21(26-32-23)14-17-5-4-6-19(13-17)30-2/h4-10,13,16H,11-12,14-15H2,1-3H3,(H,24,29). The number of benzene rings is 2. The lowest BCUT2D eigenvalue weighted by atomic mass is 10.1. The van der Waals surface area contributed by atoms with Gasteiger partial charge in [-0.25, -0.2) is 9.78 Å². The van der Waals surface area contributed by atoms with Crippen LogP contribution in [0.3, 0.4) is 0 Å². The van der Waals surface area contributed by atoms with Gasteiger partial charge in [-0.2, -0.15) is 4.37 Å². The van der Waals surface area contributed by atoms with Crippen LogP contribution in [0.5, 0.6) is 5.75 Å². The van der Waals surface area contributed by atoms with E-state index in [-0.39, 0.29) is 12.1 Å². The molecule has 2 aromatic carbocycles. The summed E-state index contributed by atoms with van der Waals surface area (Å²) in [5.41, 5.74) is 1.93. The predicted octanol–water partition coefficient (Wildman–Crippen LogP) is 4.60. The molecule has 168 valence electrons. The van der Waals surface area contributed by atoms with E-state index in [2.05, 4.69) is 27.6 Å². The molecule has 0 aliphatic carbocycles. The van der Waals surface area contributed by atoms with Gasteiger partial charge in [0.15, 0.2) is 0 Å². The third-order valence-corrected chi connectivity index (χ3v) is 7.01. The van der Waals surface area contributed by atoms with Crippen LogP contribution in [0.25, 0.3) is 0 Å². The van der Waals surface area contributed by atoms with Crippen molar-refractivity contribution >= 4 is 40.1 Å². The topological polar surface area (TPSA) is 70.6 Å². The SMILES string of the molecule is COc1cccc(Cc2nsc(N3CCN(C(=O)Nc4ccc(SC)cc4)C(C)C3)n2)c1. The number of methoxy groups -OCH3 is 1. The van der Waals surface area contributed by atoms with E-state index in [0.717, 1.165) is 41.0 Å². The van der Waals surface area contributed by atoms with E-state index >= 15 is 0 Å². The Hall–Kier alpha value is -2.78. The van der Waals surface area contributed by atoms with Crippen molar-refractivity contribution in [1.82, 2.24) is 14.3 Å². The van der Waals surface area contributed by atoms with Crippen LogP contribution in [-0.4, -0.2) is 59.3 Å². The van der Waals surface area contributed by atoms with E-state index < -0.39 is 0 Å². The molecule has 0 bridgehead atoms. The van der Waals surface area contributed by atoms with Gasteiger partial charge in [0.2, 0.25) is 5.13 Å². The Morgan fingerprint density at radius 2 is 2.06 bits per heavy atom. The summed E-state index contributed by atoms with van der Waals surface area (Å²) in [5.74, 6) is 1.64. The number of amides is 2. The molecule has 0 spiro atoms. The maximum absolute atomic E-state index is 12.8. The van der Waals surface area contributed by atoms with Gasteiger partial charge < -0.3 is 19.9 Å². The van der Waals surface area contributed by atoms with Gasteiger partial charge in [-0.15, -0.1) is 11.8 Å². The number of aromatic nitrogens is 2. The Bertz CT molecular complexity index is 1060.